The van der Waals surface area contributed by atoms with Gasteiger partial charge < -0.3 is 19.1 Å². The first-order valence-electron chi connectivity index (χ1n) is 7.92. The van der Waals surface area contributed by atoms with E-state index < -0.39 is 0 Å². The van der Waals surface area contributed by atoms with Crippen molar-refractivity contribution >= 4 is 17.7 Å². The molecule has 0 aromatic heterocycles. The van der Waals surface area contributed by atoms with Gasteiger partial charge >= 0.3 is 0 Å². The van der Waals surface area contributed by atoms with Crippen LogP contribution in [0.3, 0.4) is 0 Å². The molecule has 3 rings (SSSR count). The molecule has 1 fully saturated rings. The van der Waals surface area contributed by atoms with Crippen LogP contribution in [-0.2, 0) is 11.3 Å². The molecule has 1 saturated heterocycles. The minimum absolute atomic E-state index is 0.0837. The molecule has 1 atom stereocenters. The van der Waals surface area contributed by atoms with E-state index in [1.807, 2.05) is 47.4 Å². The molecule has 0 bridgehead atoms. The minimum atomic E-state index is -0.0837. The number of carbonyl (C=O) groups is 1. The van der Waals surface area contributed by atoms with Crippen LogP contribution in [0.15, 0.2) is 42.5 Å². The summed E-state index contributed by atoms with van der Waals surface area (Å²) in [5.41, 5.74) is 1.92. The van der Waals surface area contributed by atoms with Gasteiger partial charge in [-0.2, -0.15) is 0 Å². The molecule has 1 unspecified atom stereocenters. The largest absolute Gasteiger partial charge is 0.497 e. The van der Waals surface area contributed by atoms with Crippen LogP contribution in [0.2, 0.25) is 0 Å². The Hall–Kier alpha value is -2.34. The molecule has 0 aliphatic carbocycles. The molecule has 1 heterocycles. The van der Waals surface area contributed by atoms with Crippen molar-refractivity contribution in [2.75, 3.05) is 27.1 Å². The van der Waals surface area contributed by atoms with Crippen LogP contribution in [0.5, 0.6) is 17.2 Å². The van der Waals surface area contributed by atoms with Gasteiger partial charge in [0.2, 0.25) is 5.91 Å². The summed E-state index contributed by atoms with van der Waals surface area (Å²) in [6, 6.07) is 13.4. The van der Waals surface area contributed by atoms with Crippen LogP contribution >= 0.6 is 11.8 Å². The number of para-hydroxylation sites is 1. The Bertz CT molecular complexity index is 765. The van der Waals surface area contributed by atoms with E-state index in [0.717, 1.165) is 28.4 Å². The highest BCUT2D eigenvalue weighted by Gasteiger charge is 2.35. The van der Waals surface area contributed by atoms with Gasteiger partial charge in [-0.3, -0.25) is 4.79 Å². The topological polar surface area (TPSA) is 48.0 Å². The Labute approximate surface area is 151 Å². The zero-order chi connectivity index (χ0) is 17.8. The van der Waals surface area contributed by atoms with Crippen LogP contribution in [0.25, 0.3) is 0 Å². The van der Waals surface area contributed by atoms with Gasteiger partial charge in [0.1, 0.15) is 22.6 Å². The molecular weight excluding hydrogens is 338 g/mol. The number of ether oxygens (including phenoxy) is 3. The Morgan fingerprint density at radius 3 is 2.52 bits per heavy atom. The highest BCUT2D eigenvalue weighted by Crippen LogP contribution is 2.43. The quantitative estimate of drug-likeness (QED) is 0.790. The predicted molar refractivity (Wildman–Crippen MR) is 98.3 cm³/mol. The van der Waals surface area contributed by atoms with E-state index in [-0.39, 0.29) is 11.3 Å². The lowest BCUT2D eigenvalue weighted by Gasteiger charge is -2.26. The van der Waals surface area contributed by atoms with Gasteiger partial charge in [0.15, 0.2) is 0 Å². The fourth-order valence-electron chi connectivity index (χ4n) is 2.94. The molecule has 1 aliphatic rings. The van der Waals surface area contributed by atoms with Crippen molar-refractivity contribution in [3.05, 3.63) is 53.6 Å². The highest BCUT2D eigenvalue weighted by atomic mass is 32.2. The normalized spacial score (nSPS) is 16.8. The standard InChI is InChI=1S/C19H21NO4S/c1-22-14-8-9-16(23-2)13(10-14)11-20-18(21)12-25-19(20)15-6-4-5-7-17(15)24-3/h4-10,19H,11-12H2,1-3H3. The van der Waals surface area contributed by atoms with Crippen LogP contribution in [0, 0.1) is 0 Å². The molecular formula is C19H21NO4S. The fourth-order valence-corrected chi connectivity index (χ4v) is 4.15. The zero-order valence-electron chi connectivity index (χ0n) is 14.5. The first-order valence-corrected chi connectivity index (χ1v) is 8.97. The van der Waals surface area contributed by atoms with Crippen molar-refractivity contribution in [2.24, 2.45) is 0 Å². The molecule has 132 valence electrons. The summed E-state index contributed by atoms with van der Waals surface area (Å²) < 4.78 is 16.2. The van der Waals surface area contributed by atoms with Gasteiger partial charge in [-0.1, -0.05) is 18.2 Å². The predicted octanol–water partition coefficient (Wildman–Crippen LogP) is 3.49. The van der Waals surface area contributed by atoms with Crippen LogP contribution in [-0.4, -0.2) is 37.9 Å². The van der Waals surface area contributed by atoms with Gasteiger partial charge in [0.25, 0.3) is 0 Å². The van der Waals surface area contributed by atoms with Crippen molar-refractivity contribution < 1.29 is 19.0 Å². The van der Waals surface area contributed by atoms with Crippen molar-refractivity contribution in [1.29, 1.82) is 0 Å². The Morgan fingerprint density at radius 1 is 1.04 bits per heavy atom. The van der Waals surface area contributed by atoms with E-state index in [9.17, 15) is 4.79 Å². The lowest BCUT2D eigenvalue weighted by atomic mass is 10.1. The number of thioether (sulfide) groups is 1. The van der Waals surface area contributed by atoms with E-state index in [4.69, 9.17) is 14.2 Å². The average Bonchev–Trinajstić information content (AvgIpc) is 3.02. The summed E-state index contributed by atoms with van der Waals surface area (Å²) in [6.45, 7) is 0.453. The fraction of sp³-hybridized carbons (Fsp3) is 0.316. The van der Waals surface area contributed by atoms with E-state index in [1.165, 1.54) is 0 Å². The number of hydrogen-bond donors (Lipinski definition) is 0. The molecule has 25 heavy (non-hydrogen) atoms. The van der Waals surface area contributed by atoms with Crippen LogP contribution in [0.4, 0.5) is 0 Å². The monoisotopic (exact) mass is 359 g/mol. The molecule has 2 aromatic rings. The molecule has 0 spiro atoms. The maximum atomic E-state index is 12.5. The summed E-state index contributed by atoms with van der Waals surface area (Å²) in [6.07, 6.45) is 0. The third-order valence-electron chi connectivity index (χ3n) is 4.20. The number of nitrogens with zero attached hydrogens (tertiary/aromatic N) is 1. The summed E-state index contributed by atoms with van der Waals surface area (Å²) in [5.74, 6) is 2.82. The first-order chi connectivity index (χ1) is 12.2. The first kappa shape index (κ1) is 17.5. The van der Waals surface area contributed by atoms with Crippen molar-refractivity contribution in [3.8, 4) is 17.2 Å². The van der Waals surface area contributed by atoms with Gasteiger partial charge in [-0.25, -0.2) is 0 Å². The number of amides is 1. The Balaban J connectivity index is 1.93. The third-order valence-corrected chi connectivity index (χ3v) is 5.44. The lowest BCUT2D eigenvalue weighted by Crippen LogP contribution is -2.28. The summed E-state index contributed by atoms with van der Waals surface area (Å²) >= 11 is 1.61. The molecule has 1 amide bonds. The Morgan fingerprint density at radius 2 is 1.80 bits per heavy atom. The highest BCUT2D eigenvalue weighted by molar-refractivity contribution is 8.00. The average molecular weight is 359 g/mol. The smallest absolute Gasteiger partial charge is 0.234 e. The number of hydrogen-bond acceptors (Lipinski definition) is 5. The van der Waals surface area contributed by atoms with Crippen molar-refractivity contribution in [2.45, 2.75) is 11.9 Å². The van der Waals surface area contributed by atoms with E-state index in [1.54, 1.807) is 33.1 Å². The van der Waals surface area contributed by atoms with Crippen molar-refractivity contribution in [1.82, 2.24) is 4.90 Å². The SMILES string of the molecule is COc1ccc(OC)c(CN2C(=O)CSC2c2ccccc2OC)c1. The third kappa shape index (κ3) is 3.54. The minimum Gasteiger partial charge on any atom is -0.497 e. The second-order valence-electron chi connectivity index (χ2n) is 5.60. The number of carbonyl (C=O) groups excluding carboxylic acids is 1. The van der Waals surface area contributed by atoms with Crippen LogP contribution in [0.1, 0.15) is 16.5 Å². The number of benzene rings is 2. The molecule has 0 saturated carbocycles. The number of methoxy groups -OCH3 is 3. The maximum Gasteiger partial charge on any atom is 0.234 e. The van der Waals surface area contributed by atoms with E-state index in [0.29, 0.717) is 12.3 Å². The molecule has 1 aliphatic heterocycles. The molecule has 2 aromatic carbocycles. The zero-order valence-corrected chi connectivity index (χ0v) is 15.3. The van der Waals surface area contributed by atoms with E-state index in [2.05, 4.69) is 0 Å². The number of rotatable bonds is 6. The summed E-state index contributed by atoms with van der Waals surface area (Å²) in [7, 11) is 4.90. The van der Waals surface area contributed by atoms with Gasteiger partial charge in [-0.15, -0.1) is 11.8 Å². The molecule has 0 radical (unpaired) electrons. The summed E-state index contributed by atoms with van der Waals surface area (Å²) in [4.78, 5) is 14.4. The Kier molecular flexibility index (Phi) is 5.38. The second kappa shape index (κ2) is 7.70. The van der Waals surface area contributed by atoms with Gasteiger partial charge in [0.05, 0.1) is 33.6 Å². The van der Waals surface area contributed by atoms with E-state index >= 15 is 0 Å². The molecule has 0 N–H and O–H groups in total. The molecule has 6 heteroatoms. The summed E-state index contributed by atoms with van der Waals surface area (Å²) in [5, 5.41) is -0.0837. The van der Waals surface area contributed by atoms with Crippen molar-refractivity contribution in [3.63, 3.8) is 0 Å². The maximum absolute atomic E-state index is 12.5. The van der Waals surface area contributed by atoms with Crippen LogP contribution < -0.4 is 14.2 Å². The van der Waals surface area contributed by atoms with Gasteiger partial charge in [-0.05, 0) is 24.3 Å². The van der Waals surface area contributed by atoms with Gasteiger partial charge in [0, 0.05) is 11.1 Å². The lowest BCUT2D eigenvalue weighted by molar-refractivity contribution is -0.128. The second-order valence-corrected chi connectivity index (χ2v) is 6.67. The molecule has 5 nitrogen and oxygen atoms in total.